The van der Waals surface area contributed by atoms with E-state index in [2.05, 4.69) is 24.5 Å². The van der Waals surface area contributed by atoms with Gasteiger partial charge in [0.1, 0.15) is 11.4 Å². The number of carbonyl (C=O) groups is 2. The minimum absolute atomic E-state index is 0.0694. The first-order valence-electron chi connectivity index (χ1n) is 10.0. The topological polar surface area (TPSA) is 80.2 Å². The Hall–Kier alpha value is -3.74. The molecular weight excluding hydrogens is 397 g/mol. The summed E-state index contributed by atoms with van der Waals surface area (Å²) in [6, 6.07) is 15.0. The molecule has 31 heavy (non-hydrogen) atoms. The van der Waals surface area contributed by atoms with Crippen molar-refractivity contribution in [3.8, 4) is 5.69 Å². The molecule has 1 heterocycles. The first-order chi connectivity index (χ1) is 14.8. The number of rotatable bonds is 7. The number of amides is 2. The van der Waals surface area contributed by atoms with E-state index in [0.29, 0.717) is 29.4 Å². The highest BCUT2D eigenvalue weighted by Gasteiger charge is 2.13. The summed E-state index contributed by atoms with van der Waals surface area (Å²) in [5.74, 6) is -0.731. The highest BCUT2D eigenvalue weighted by Crippen LogP contribution is 2.14. The van der Waals surface area contributed by atoms with Gasteiger partial charge in [0.15, 0.2) is 0 Å². The first-order valence-corrected chi connectivity index (χ1v) is 10.0. The van der Waals surface area contributed by atoms with Gasteiger partial charge in [0.2, 0.25) is 0 Å². The molecule has 3 rings (SSSR count). The second-order valence-corrected chi connectivity index (χ2v) is 7.54. The lowest BCUT2D eigenvalue weighted by atomic mass is 10.1. The smallest absolute Gasteiger partial charge is 0.267 e. The molecule has 0 spiro atoms. The van der Waals surface area contributed by atoms with Crippen LogP contribution in [0.4, 0.5) is 10.1 Å². The van der Waals surface area contributed by atoms with Crippen LogP contribution in [0.2, 0.25) is 0 Å². The molecule has 2 N–H and O–H groups in total. The normalized spacial score (nSPS) is 10.7. The van der Waals surface area contributed by atoms with E-state index in [9.17, 15) is 18.8 Å². The van der Waals surface area contributed by atoms with Crippen LogP contribution in [-0.4, -0.2) is 22.9 Å². The van der Waals surface area contributed by atoms with Crippen LogP contribution in [0, 0.1) is 11.7 Å². The molecule has 0 fully saturated rings. The summed E-state index contributed by atoms with van der Waals surface area (Å²) in [4.78, 5) is 37.4. The van der Waals surface area contributed by atoms with Crippen molar-refractivity contribution in [2.24, 2.45) is 5.92 Å². The quantitative estimate of drug-likeness (QED) is 0.605. The van der Waals surface area contributed by atoms with Gasteiger partial charge in [-0.05, 0) is 73.0 Å². The number of halogens is 1. The van der Waals surface area contributed by atoms with Gasteiger partial charge < -0.3 is 10.6 Å². The van der Waals surface area contributed by atoms with Crippen molar-refractivity contribution in [1.82, 2.24) is 9.88 Å². The molecule has 0 bridgehead atoms. The molecular formula is C24H24FN3O3. The number of nitrogens with zero attached hydrogens (tertiary/aromatic N) is 1. The number of carbonyl (C=O) groups excluding carboxylic acids is 2. The number of pyridine rings is 1. The van der Waals surface area contributed by atoms with Crippen molar-refractivity contribution in [3.63, 3.8) is 0 Å². The Labute approximate surface area is 179 Å². The maximum atomic E-state index is 13.0. The lowest BCUT2D eigenvalue weighted by molar-refractivity contribution is 0.0949. The largest absolute Gasteiger partial charge is 0.352 e. The lowest BCUT2D eigenvalue weighted by Gasteiger charge is -2.11. The highest BCUT2D eigenvalue weighted by atomic mass is 19.1. The fraction of sp³-hybridized carbons (Fsp3) is 0.208. The predicted octanol–water partition coefficient (Wildman–Crippen LogP) is 4.00. The summed E-state index contributed by atoms with van der Waals surface area (Å²) in [6.07, 6.45) is 2.41. The molecule has 0 atom stereocenters. The summed E-state index contributed by atoms with van der Waals surface area (Å²) in [5, 5.41) is 5.50. The van der Waals surface area contributed by atoms with Gasteiger partial charge in [-0.25, -0.2) is 4.39 Å². The molecule has 0 aliphatic carbocycles. The van der Waals surface area contributed by atoms with Crippen LogP contribution in [0.15, 0.2) is 71.7 Å². The van der Waals surface area contributed by atoms with Crippen molar-refractivity contribution in [3.05, 3.63) is 94.2 Å². The van der Waals surface area contributed by atoms with Crippen LogP contribution in [0.5, 0.6) is 0 Å². The number of anilines is 1. The van der Waals surface area contributed by atoms with E-state index in [4.69, 9.17) is 0 Å². The van der Waals surface area contributed by atoms with Crippen LogP contribution < -0.4 is 16.2 Å². The number of nitrogens with one attached hydrogen (secondary N) is 2. The van der Waals surface area contributed by atoms with Crippen molar-refractivity contribution >= 4 is 17.5 Å². The van der Waals surface area contributed by atoms with Gasteiger partial charge in [0.25, 0.3) is 17.4 Å². The second-order valence-electron chi connectivity index (χ2n) is 7.54. The Kier molecular flexibility index (Phi) is 6.97. The van der Waals surface area contributed by atoms with Gasteiger partial charge >= 0.3 is 0 Å². The number of hydrogen-bond acceptors (Lipinski definition) is 3. The molecule has 2 amide bonds. The fourth-order valence-corrected chi connectivity index (χ4v) is 2.95. The summed E-state index contributed by atoms with van der Waals surface area (Å²) in [6.45, 7) is 4.63. The van der Waals surface area contributed by atoms with Crippen LogP contribution in [0.3, 0.4) is 0 Å². The third-order valence-electron chi connectivity index (χ3n) is 4.71. The van der Waals surface area contributed by atoms with Gasteiger partial charge in [-0.2, -0.15) is 0 Å². The van der Waals surface area contributed by atoms with Crippen LogP contribution >= 0.6 is 0 Å². The summed E-state index contributed by atoms with van der Waals surface area (Å²) >= 11 is 0. The monoisotopic (exact) mass is 421 g/mol. The van der Waals surface area contributed by atoms with Gasteiger partial charge in [-0.1, -0.05) is 13.8 Å². The second kappa shape index (κ2) is 9.84. The van der Waals surface area contributed by atoms with Gasteiger partial charge in [0, 0.05) is 29.7 Å². The zero-order valence-corrected chi connectivity index (χ0v) is 17.4. The summed E-state index contributed by atoms with van der Waals surface area (Å²) in [7, 11) is 0. The molecule has 0 radical (unpaired) electrons. The Balaban J connectivity index is 1.73. The summed E-state index contributed by atoms with van der Waals surface area (Å²) in [5.41, 5.74) is 1.06. The minimum Gasteiger partial charge on any atom is -0.352 e. The number of hydrogen-bond donors (Lipinski definition) is 2. The Morgan fingerprint density at radius 1 is 0.968 bits per heavy atom. The molecule has 0 aliphatic heterocycles. The van der Waals surface area contributed by atoms with Crippen molar-refractivity contribution in [2.45, 2.75) is 20.3 Å². The van der Waals surface area contributed by atoms with E-state index in [-0.39, 0.29) is 11.5 Å². The van der Waals surface area contributed by atoms with Gasteiger partial charge in [-0.15, -0.1) is 0 Å². The lowest BCUT2D eigenvalue weighted by Crippen LogP contribution is -2.33. The van der Waals surface area contributed by atoms with E-state index in [1.807, 2.05) is 0 Å². The zero-order chi connectivity index (χ0) is 22.4. The van der Waals surface area contributed by atoms with Crippen LogP contribution in [-0.2, 0) is 0 Å². The molecule has 0 unspecified atom stereocenters. The minimum atomic E-state index is -0.423. The Morgan fingerprint density at radius 2 is 1.65 bits per heavy atom. The molecule has 0 aliphatic rings. The average Bonchev–Trinajstić information content (AvgIpc) is 2.74. The Morgan fingerprint density at radius 3 is 2.29 bits per heavy atom. The highest BCUT2D eigenvalue weighted by molar-refractivity contribution is 6.04. The Bertz CT molecular complexity index is 1120. The van der Waals surface area contributed by atoms with Gasteiger partial charge in [0.05, 0.1) is 0 Å². The molecule has 3 aromatic rings. The fourth-order valence-electron chi connectivity index (χ4n) is 2.95. The molecule has 1 aromatic heterocycles. The van der Waals surface area contributed by atoms with Crippen molar-refractivity contribution in [2.75, 3.05) is 11.9 Å². The maximum absolute atomic E-state index is 13.0. The van der Waals surface area contributed by atoms with E-state index < -0.39 is 17.3 Å². The molecule has 0 saturated heterocycles. The van der Waals surface area contributed by atoms with Crippen molar-refractivity contribution in [1.29, 1.82) is 0 Å². The van der Waals surface area contributed by atoms with E-state index in [1.54, 1.807) is 36.5 Å². The van der Waals surface area contributed by atoms with E-state index in [0.717, 1.165) is 6.42 Å². The standard InChI is InChI=1S/C24H24FN3O3/c1-16(2)13-14-26-23(30)21-4-3-15-28(24(21)31)20-11-9-19(10-12-20)27-22(29)17-5-7-18(25)8-6-17/h3-12,15-16H,13-14H2,1-2H3,(H,26,30)(H,27,29). The summed E-state index contributed by atoms with van der Waals surface area (Å²) < 4.78 is 14.4. The third-order valence-corrected chi connectivity index (χ3v) is 4.71. The molecule has 2 aromatic carbocycles. The van der Waals surface area contributed by atoms with Crippen LogP contribution in [0.1, 0.15) is 41.0 Å². The van der Waals surface area contributed by atoms with E-state index in [1.165, 1.54) is 34.9 Å². The molecule has 0 saturated carbocycles. The third kappa shape index (κ3) is 5.66. The van der Waals surface area contributed by atoms with Gasteiger partial charge in [-0.3, -0.25) is 19.0 Å². The van der Waals surface area contributed by atoms with Crippen molar-refractivity contribution < 1.29 is 14.0 Å². The predicted molar refractivity (Wildman–Crippen MR) is 118 cm³/mol. The van der Waals surface area contributed by atoms with E-state index >= 15 is 0 Å². The number of aromatic nitrogens is 1. The molecule has 6 nitrogen and oxygen atoms in total. The average molecular weight is 421 g/mol. The first kappa shape index (κ1) is 22.0. The SMILES string of the molecule is CC(C)CCNC(=O)c1cccn(-c2ccc(NC(=O)c3ccc(F)cc3)cc2)c1=O. The number of benzene rings is 2. The van der Waals surface area contributed by atoms with Crippen LogP contribution in [0.25, 0.3) is 5.69 Å². The molecule has 7 heteroatoms. The zero-order valence-electron chi connectivity index (χ0n) is 17.4. The maximum Gasteiger partial charge on any atom is 0.267 e. The molecule has 160 valence electrons.